The highest BCUT2D eigenvalue weighted by atomic mass is 32.1. The van der Waals surface area contributed by atoms with Crippen molar-refractivity contribution in [2.75, 3.05) is 13.1 Å². The van der Waals surface area contributed by atoms with E-state index < -0.39 is 0 Å². The fourth-order valence-corrected chi connectivity index (χ4v) is 3.52. The van der Waals surface area contributed by atoms with Gasteiger partial charge in [-0.25, -0.2) is 4.98 Å². The van der Waals surface area contributed by atoms with Gasteiger partial charge in [0.15, 0.2) is 0 Å². The molecule has 20 heavy (non-hydrogen) atoms. The number of benzene rings is 1. The summed E-state index contributed by atoms with van der Waals surface area (Å²) in [4.78, 5) is 18.7. The molecule has 4 nitrogen and oxygen atoms in total. The molecule has 1 aromatic carbocycles. The molecule has 1 aromatic heterocycles. The van der Waals surface area contributed by atoms with Gasteiger partial charge in [-0.3, -0.25) is 4.79 Å². The fourth-order valence-electron chi connectivity index (χ4n) is 2.80. The van der Waals surface area contributed by atoms with Gasteiger partial charge in [0, 0.05) is 24.7 Å². The predicted molar refractivity (Wildman–Crippen MR) is 81.9 cm³/mol. The number of piperidine rings is 1. The van der Waals surface area contributed by atoms with Crippen LogP contribution in [0, 0.1) is 5.92 Å². The van der Waals surface area contributed by atoms with Crippen LogP contribution in [0.5, 0.6) is 0 Å². The summed E-state index contributed by atoms with van der Waals surface area (Å²) in [7, 11) is 0. The van der Waals surface area contributed by atoms with Gasteiger partial charge in [0.05, 0.1) is 15.7 Å². The number of hydrogen-bond donors (Lipinski definition) is 1. The second kappa shape index (κ2) is 5.50. The Balaban J connectivity index is 1.73. The molecule has 0 radical (unpaired) electrons. The first-order chi connectivity index (χ1) is 9.65. The molecule has 0 spiro atoms. The minimum Gasteiger partial charge on any atom is -0.339 e. The second-order valence-electron chi connectivity index (χ2n) is 5.52. The van der Waals surface area contributed by atoms with E-state index >= 15 is 0 Å². The lowest BCUT2D eigenvalue weighted by Gasteiger charge is -2.33. The summed E-state index contributed by atoms with van der Waals surface area (Å²) in [6.07, 6.45) is 2.01. The molecule has 1 saturated heterocycles. The van der Waals surface area contributed by atoms with Crippen LogP contribution >= 0.6 is 11.3 Å². The van der Waals surface area contributed by atoms with Crippen LogP contribution in [0.4, 0.5) is 0 Å². The molecule has 106 valence electrons. The number of aromatic nitrogens is 1. The molecule has 2 aromatic rings. The van der Waals surface area contributed by atoms with Crippen LogP contribution in [-0.4, -0.2) is 34.9 Å². The van der Waals surface area contributed by atoms with Crippen molar-refractivity contribution >= 4 is 27.5 Å². The summed E-state index contributed by atoms with van der Waals surface area (Å²) in [6.45, 7) is 3.68. The third-order valence-corrected chi connectivity index (χ3v) is 4.94. The van der Waals surface area contributed by atoms with E-state index in [1.807, 2.05) is 28.6 Å². The first-order valence-electron chi connectivity index (χ1n) is 7.03. The predicted octanol–water partition coefficient (Wildman–Crippen LogP) is 2.50. The summed E-state index contributed by atoms with van der Waals surface area (Å²) in [5, 5.41) is 0. The maximum atomic E-state index is 12.5. The smallest absolute Gasteiger partial charge is 0.253 e. The zero-order chi connectivity index (χ0) is 14.1. The van der Waals surface area contributed by atoms with Crippen molar-refractivity contribution < 1.29 is 4.79 Å². The Bertz CT molecular complexity index is 614. The molecule has 0 aliphatic carbocycles. The van der Waals surface area contributed by atoms with Crippen LogP contribution in [0.2, 0.25) is 0 Å². The fraction of sp³-hybridized carbons (Fsp3) is 0.467. The van der Waals surface area contributed by atoms with Crippen molar-refractivity contribution in [1.29, 1.82) is 0 Å². The van der Waals surface area contributed by atoms with E-state index in [9.17, 15) is 4.79 Å². The highest BCUT2D eigenvalue weighted by Crippen LogP contribution is 2.23. The number of thiazole rings is 1. The molecule has 2 N–H and O–H groups in total. The van der Waals surface area contributed by atoms with Gasteiger partial charge in [-0.05, 0) is 43.9 Å². The normalized spacial score (nSPS) is 18.4. The topological polar surface area (TPSA) is 59.2 Å². The van der Waals surface area contributed by atoms with E-state index in [4.69, 9.17) is 5.73 Å². The Morgan fingerprint density at radius 1 is 1.45 bits per heavy atom. The number of carbonyl (C=O) groups excluding carboxylic acids is 1. The number of rotatable bonds is 2. The zero-order valence-corrected chi connectivity index (χ0v) is 12.4. The lowest BCUT2D eigenvalue weighted by Crippen LogP contribution is -2.42. The second-order valence-corrected chi connectivity index (χ2v) is 6.41. The average molecular weight is 289 g/mol. The molecule has 2 heterocycles. The first-order valence-corrected chi connectivity index (χ1v) is 7.91. The van der Waals surface area contributed by atoms with Crippen molar-refractivity contribution in [2.24, 2.45) is 11.7 Å². The van der Waals surface area contributed by atoms with E-state index in [2.05, 4.69) is 11.9 Å². The highest BCUT2D eigenvalue weighted by Gasteiger charge is 2.25. The third-order valence-electron chi connectivity index (χ3n) is 4.15. The lowest BCUT2D eigenvalue weighted by atomic mass is 9.90. The van der Waals surface area contributed by atoms with Crippen molar-refractivity contribution in [3.63, 3.8) is 0 Å². The van der Waals surface area contributed by atoms with E-state index in [0.29, 0.717) is 5.92 Å². The quantitative estimate of drug-likeness (QED) is 0.924. The Kier molecular flexibility index (Phi) is 3.72. The number of hydrogen-bond acceptors (Lipinski definition) is 4. The zero-order valence-electron chi connectivity index (χ0n) is 11.6. The first kappa shape index (κ1) is 13.5. The number of amides is 1. The number of nitrogens with two attached hydrogens (primary N) is 1. The molecule has 1 aliphatic rings. The van der Waals surface area contributed by atoms with Gasteiger partial charge in [-0.15, -0.1) is 11.3 Å². The minimum atomic E-state index is 0.128. The van der Waals surface area contributed by atoms with Gasteiger partial charge >= 0.3 is 0 Å². The molecule has 0 bridgehead atoms. The number of carbonyl (C=O) groups is 1. The summed E-state index contributed by atoms with van der Waals surface area (Å²) in [5.41, 5.74) is 9.48. The van der Waals surface area contributed by atoms with Crippen molar-refractivity contribution in [3.05, 3.63) is 29.3 Å². The lowest BCUT2D eigenvalue weighted by molar-refractivity contribution is 0.0681. The third kappa shape index (κ3) is 2.55. The largest absolute Gasteiger partial charge is 0.339 e. The van der Waals surface area contributed by atoms with E-state index in [1.54, 1.807) is 11.3 Å². The summed E-state index contributed by atoms with van der Waals surface area (Å²) >= 11 is 1.57. The Morgan fingerprint density at radius 3 is 2.90 bits per heavy atom. The maximum absolute atomic E-state index is 12.5. The molecule has 1 amide bonds. The molecule has 5 heteroatoms. The summed E-state index contributed by atoms with van der Waals surface area (Å²) < 4.78 is 1.07. The van der Waals surface area contributed by atoms with Gasteiger partial charge < -0.3 is 10.6 Å². The SMILES string of the molecule is CC(N)C1CCN(C(=O)c2ccc3ncsc3c2)CC1. The summed E-state index contributed by atoms with van der Waals surface area (Å²) in [5.74, 6) is 0.673. The number of likely N-dealkylation sites (tertiary alicyclic amines) is 1. The van der Waals surface area contributed by atoms with Crippen LogP contribution in [0.15, 0.2) is 23.7 Å². The van der Waals surface area contributed by atoms with Crippen molar-refractivity contribution in [3.8, 4) is 0 Å². The number of nitrogens with zero attached hydrogens (tertiary/aromatic N) is 2. The monoisotopic (exact) mass is 289 g/mol. The van der Waals surface area contributed by atoms with Crippen molar-refractivity contribution in [1.82, 2.24) is 9.88 Å². The minimum absolute atomic E-state index is 0.128. The maximum Gasteiger partial charge on any atom is 0.253 e. The molecule has 1 fully saturated rings. The number of fused-ring (bicyclic) bond motifs is 1. The molecule has 1 unspecified atom stereocenters. The Hall–Kier alpha value is -1.46. The molecule has 1 atom stereocenters. The van der Waals surface area contributed by atoms with Crippen LogP contribution in [0.1, 0.15) is 30.1 Å². The molecule has 1 aliphatic heterocycles. The van der Waals surface area contributed by atoms with E-state index in [0.717, 1.165) is 41.7 Å². The van der Waals surface area contributed by atoms with E-state index in [-0.39, 0.29) is 11.9 Å². The Morgan fingerprint density at radius 2 is 2.20 bits per heavy atom. The molecule has 0 saturated carbocycles. The van der Waals surface area contributed by atoms with Crippen molar-refractivity contribution in [2.45, 2.75) is 25.8 Å². The Labute approximate surface area is 122 Å². The van der Waals surface area contributed by atoms with Crippen LogP contribution in [0.3, 0.4) is 0 Å². The molecular weight excluding hydrogens is 270 g/mol. The highest BCUT2D eigenvalue weighted by molar-refractivity contribution is 7.16. The average Bonchev–Trinajstić information content (AvgIpc) is 2.94. The van der Waals surface area contributed by atoms with Crippen LogP contribution in [0.25, 0.3) is 10.2 Å². The standard InChI is InChI=1S/C15H19N3OS/c1-10(16)11-4-6-18(7-5-11)15(19)12-2-3-13-14(8-12)20-9-17-13/h2-3,8-11H,4-7,16H2,1H3. The van der Waals surface area contributed by atoms with E-state index in [1.165, 1.54) is 0 Å². The van der Waals surface area contributed by atoms with Crippen LogP contribution < -0.4 is 5.73 Å². The molecule has 3 rings (SSSR count). The van der Waals surface area contributed by atoms with Gasteiger partial charge in [-0.1, -0.05) is 0 Å². The summed E-state index contributed by atoms with van der Waals surface area (Å²) in [6, 6.07) is 5.98. The van der Waals surface area contributed by atoms with Gasteiger partial charge in [0.2, 0.25) is 0 Å². The van der Waals surface area contributed by atoms with Gasteiger partial charge in [0.25, 0.3) is 5.91 Å². The van der Waals surface area contributed by atoms with Gasteiger partial charge in [0.1, 0.15) is 0 Å². The van der Waals surface area contributed by atoms with Crippen LogP contribution in [-0.2, 0) is 0 Å². The molecular formula is C15H19N3OS. The van der Waals surface area contributed by atoms with Gasteiger partial charge in [-0.2, -0.15) is 0 Å².